The molecule has 0 aliphatic rings. The number of hydrogen-bond donors (Lipinski definition) is 3. The lowest BCUT2D eigenvalue weighted by Crippen LogP contribution is -2.30. The third-order valence-corrected chi connectivity index (χ3v) is 20.2. The topological polar surface area (TPSA) is 237 Å². The largest absolute Gasteiger partial charge is 0.472 e. The van der Waals surface area contributed by atoms with Gasteiger partial charge in [-0.15, -0.1) is 0 Å². The van der Waals surface area contributed by atoms with Crippen LogP contribution in [0.3, 0.4) is 0 Å². The van der Waals surface area contributed by atoms with E-state index < -0.39 is 97.5 Å². The van der Waals surface area contributed by atoms with Crippen molar-refractivity contribution in [3.8, 4) is 0 Å². The molecule has 0 saturated heterocycles. The van der Waals surface area contributed by atoms with Crippen LogP contribution in [0.4, 0.5) is 0 Å². The summed E-state index contributed by atoms with van der Waals surface area (Å²) in [5, 5.41) is 10.6. The maximum atomic E-state index is 13.1. The molecule has 580 valence electrons. The average Bonchev–Trinajstić information content (AvgIpc) is 1.07. The number of aliphatic hydroxyl groups excluding tert-OH is 1. The van der Waals surface area contributed by atoms with Crippen LogP contribution in [-0.4, -0.2) is 96.7 Å². The summed E-state index contributed by atoms with van der Waals surface area (Å²) in [5.41, 5.74) is 0. The van der Waals surface area contributed by atoms with E-state index in [1.807, 2.05) is 0 Å². The van der Waals surface area contributed by atoms with Gasteiger partial charge in [0.25, 0.3) is 0 Å². The van der Waals surface area contributed by atoms with E-state index in [0.717, 1.165) is 103 Å². The minimum absolute atomic E-state index is 0.0948. The van der Waals surface area contributed by atoms with E-state index in [2.05, 4.69) is 39.8 Å². The van der Waals surface area contributed by atoms with E-state index in [-0.39, 0.29) is 25.7 Å². The van der Waals surface area contributed by atoms with Gasteiger partial charge < -0.3 is 33.8 Å². The second kappa shape index (κ2) is 73.1. The molecule has 0 amide bonds. The van der Waals surface area contributed by atoms with Gasteiger partial charge in [0.2, 0.25) is 0 Å². The van der Waals surface area contributed by atoms with Crippen LogP contribution in [0, 0.1) is 0 Å². The summed E-state index contributed by atoms with van der Waals surface area (Å²) in [5.74, 6) is -2.12. The predicted molar refractivity (Wildman–Crippen MR) is 400 cm³/mol. The highest BCUT2D eigenvalue weighted by Gasteiger charge is 2.30. The number of carbonyl (C=O) groups excluding carboxylic acids is 4. The fourth-order valence-electron chi connectivity index (χ4n) is 12.0. The standard InChI is InChI=1S/C79H152O17P2/c1-5-9-13-17-21-25-29-33-36-40-43-47-51-55-59-63-76(81)89-69-74(95-78(83)65-61-57-53-49-45-39-32-28-24-20-16-12-8-4)71-93-97(85,86)91-67-73(80)68-92-98(87,88)94-72-75(96-79(84)66-62-58-54-50-46-42-38-35-31-27-23-19-15-11-7-3)70-90-77(82)64-60-56-52-48-44-41-37-34-30-26-22-18-14-10-6-2/h28,32,73-75,80H,5-27,29-31,33-72H2,1-4H3,(H,85,86)(H,87,88)/b32-28-/t73-,74-,75-/m1/s1. The zero-order chi connectivity index (χ0) is 71.8. The number of unbranched alkanes of at least 4 members (excludes halogenated alkanes) is 51. The van der Waals surface area contributed by atoms with Gasteiger partial charge in [0.1, 0.15) is 19.3 Å². The Morgan fingerprint density at radius 1 is 0.276 bits per heavy atom. The number of hydrogen-bond acceptors (Lipinski definition) is 15. The molecule has 0 saturated carbocycles. The normalized spacial score (nSPS) is 13.9. The van der Waals surface area contributed by atoms with E-state index in [4.69, 9.17) is 37.0 Å². The van der Waals surface area contributed by atoms with Crippen LogP contribution in [-0.2, 0) is 65.4 Å². The third-order valence-electron chi connectivity index (χ3n) is 18.3. The molecule has 98 heavy (non-hydrogen) atoms. The molecule has 0 radical (unpaired) electrons. The van der Waals surface area contributed by atoms with E-state index in [0.29, 0.717) is 25.7 Å². The van der Waals surface area contributed by atoms with Gasteiger partial charge in [-0.05, 0) is 51.4 Å². The average molecular weight is 1440 g/mol. The fraction of sp³-hybridized carbons (Fsp3) is 0.924. The Labute approximate surface area is 600 Å². The minimum Gasteiger partial charge on any atom is -0.462 e. The highest BCUT2D eigenvalue weighted by Crippen LogP contribution is 2.45. The lowest BCUT2D eigenvalue weighted by atomic mass is 10.0. The summed E-state index contributed by atoms with van der Waals surface area (Å²) in [6.45, 7) is 4.99. The minimum atomic E-state index is -4.96. The lowest BCUT2D eigenvalue weighted by Gasteiger charge is -2.21. The molecule has 0 heterocycles. The van der Waals surface area contributed by atoms with Crippen molar-refractivity contribution in [3.05, 3.63) is 12.2 Å². The first kappa shape index (κ1) is 95.8. The van der Waals surface area contributed by atoms with Gasteiger partial charge in [0.05, 0.1) is 26.4 Å². The summed E-state index contributed by atoms with van der Waals surface area (Å²) >= 11 is 0. The van der Waals surface area contributed by atoms with Crippen LogP contribution in [0.5, 0.6) is 0 Å². The number of rotatable bonds is 79. The second-order valence-corrected chi connectivity index (χ2v) is 31.0. The van der Waals surface area contributed by atoms with Gasteiger partial charge in [-0.1, -0.05) is 348 Å². The van der Waals surface area contributed by atoms with E-state index in [9.17, 15) is 43.2 Å². The Hall–Kier alpha value is -2.20. The first-order valence-electron chi connectivity index (χ1n) is 40.9. The van der Waals surface area contributed by atoms with E-state index in [1.54, 1.807) is 0 Å². The van der Waals surface area contributed by atoms with Crippen molar-refractivity contribution in [2.75, 3.05) is 39.6 Å². The van der Waals surface area contributed by atoms with Gasteiger partial charge >= 0.3 is 39.5 Å². The van der Waals surface area contributed by atoms with Crippen LogP contribution >= 0.6 is 15.6 Å². The monoisotopic (exact) mass is 1440 g/mol. The summed E-state index contributed by atoms with van der Waals surface area (Å²) < 4.78 is 68.7. The molecule has 2 unspecified atom stereocenters. The molecule has 0 aliphatic carbocycles. The summed E-state index contributed by atoms with van der Waals surface area (Å²) in [6, 6.07) is 0. The van der Waals surface area contributed by atoms with E-state index >= 15 is 0 Å². The van der Waals surface area contributed by atoms with Gasteiger partial charge in [-0.2, -0.15) is 0 Å². The highest BCUT2D eigenvalue weighted by atomic mass is 31.2. The molecule has 19 heteroatoms. The Bertz CT molecular complexity index is 1910. The number of ether oxygens (including phenoxy) is 4. The zero-order valence-corrected chi connectivity index (χ0v) is 65.3. The zero-order valence-electron chi connectivity index (χ0n) is 63.5. The lowest BCUT2D eigenvalue weighted by molar-refractivity contribution is -0.161. The molecule has 0 rings (SSSR count). The predicted octanol–water partition coefficient (Wildman–Crippen LogP) is 23.6. The maximum Gasteiger partial charge on any atom is 0.472 e. The number of phosphoric ester groups is 2. The Morgan fingerprint density at radius 2 is 0.469 bits per heavy atom. The number of allylic oxidation sites excluding steroid dienone is 2. The SMILES string of the molecule is CCCCCC/C=C\CCCCCCCC(=O)O[C@H](COC(=O)CCCCCCCCCCCCCCCCC)COP(=O)(O)OC[C@@H](O)COP(=O)(O)OC[C@@H](COC(=O)CCCCCCCCCCCCCCCCC)OC(=O)CCCCCCCCCCCCCCCCC. The Balaban J connectivity index is 5.27. The quantitative estimate of drug-likeness (QED) is 0.0169. The smallest absolute Gasteiger partial charge is 0.462 e. The molecule has 0 aromatic rings. The first-order chi connectivity index (χ1) is 47.7. The number of carbonyl (C=O) groups is 4. The van der Waals surface area contributed by atoms with E-state index in [1.165, 1.54) is 231 Å². The Morgan fingerprint density at radius 3 is 0.714 bits per heavy atom. The van der Waals surface area contributed by atoms with Crippen molar-refractivity contribution in [1.82, 2.24) is 0 Å². The molecule has 0 aliphatic heterocycles. The summed E-state index contributed by atoms with van der Waals surface area (Å²) in [4.78, 5) is 73.0. The van der Waals surface area contributed by atoms with Crippen LogP contribution in [0.15, 0.2) is 12.2 Å². The molecule has 3 N–H and O–H groups in total. The van der Waals surface area contributed by atoms with Crippen molar-refractivity contribution in [1.29, 1.82) is 0 Å². The number of phosphoric acid groups is 2. The molecular weight excluding hydrogens is 1280 g/mol. The molecule has 0 fully saturated rings. The van der Waals surface area contributed by atoms with Crippen molar-refractivity contribution >= 4 is 39.5 Å². The molecule has 0 aromatic heterocycles. The van der Waals surface area contributed by atoms with Crippen LogP contribution in [0.2, 0.25) is 0 Å². The second-order valence-electron chi connectivity index (χ2n) is 28.1. The molecule has 5 atom stereocenters. The van der Waals surface area contributed by atoms with Gasteiger partial charge in [0.15, 0.2) is 12.2 Å². The first-order valence-corrected chi connectivity index (χ1v) is 43.9. The molecule has 0 bridgehead atoms. The fourth-order valence-corrected chi connectivity index (χ4v) is 13.6. The third kappa shape index (κ3) is 72.2. The summed E-state index contributed by atoms with van der Waals surface area (Å²) in [6.07, 6.45) is 66.1. The van der Waals surface area contributed by atoms with Crippen molar-refractivity contribution < 1.29 is 80.2 Å². The van der Waals surface area contributed by atoms with Gasteiger partial charge in [-0.25, -0.2) is 9.13 Å². The number of esters is 4. The Kier molecular flexibility index (Phi) is 71.5. The highest BCUT2D eigenvalue weighted by molar-refractivity contribution is 7.47. The molecule has 0 spiro atoms. The summed E-state index contributed by atoms with van der Waals surface area (Å²) in [7, 11) is -9.92. The van der Waals surface area contributed by atoms with Crippen molar-refractivity contribution in [3.63, 3.8) is 0 Å². The number of aliphatic hydroxyl groups is 1. The molecular formula is C79H152O17P2. The molecule has 0 aromatic carbocycles. The van der Waals surface area contributed by atoms with Crippen molar-refractivity contribution in [2.45, 2.75) is 431 Å². The van der Waals surface area contributed by atoms with Gasteiger partial charge in [-0.3, -0.25) is 37.3 Å². The van der Waals surface area contributed by atoms with Crippen LogP contribution < -0.4 is 0 Å². The maximum absolute atomic E-state index is 13.1. The van der Waals surface area contributed by atoms with Crippen LogP contribution in [0.1, 0.15) is 413 Å². The van der Waals surface area contributed by atoms with Crippen molar-refractivity contribution in [2.24, 2.45) is 0 Å². The van der Waals surface area contributed by atoms with Gasteiger partial charge in [0, 0.05) is 25.7 Å². The van der Waals surface area contributed by atoms with Crippen LogP contribution in [0.25, 0.3) is 0 Å². The molecule has 17 nitrogen and oxygen atoms in total.